The first-order chi connectivity index (χ1) is 6.22. The van der Waals surface area contributed by atoms with E-state index in [9.17, 15) is 4.79 Å². The Morgan fingerprint density at radius 1 is 1.43 bits per heavy atom. The van der Waals surface area contributed by atoms with Crippen LogP contribution in [0.3, 0.4) is 0 Å². The van der Waals surface area contributed by atoms with E-state index < -0.39 is 6.04 Å². The molecule has 1 unspecified atom stereocenters. The Labute approximate surface area is 83.9 Å². The van der Waals surface area contributed by atoms with Gasteiger partial charge in [0, 0.05) is 5.54 Å². The summed E-state index contributed by atoms with van der Waals surface area (Å²) < 4.78 is 0. The van der Waals surface area contributed by atoms with Crippen LogP contribution >= 0.6 is 0 Å². The summed E-state index contributed by atoms with van der Waals surface area (Å²) >= 11 is 0. The third kappa shape index (κ3) is 6.24. The molecule has 0 aromatic rings. The molecule has 1 atom stereocenters. The molecule has 6 nitrogen and oxygen atoms in total. The predicted octanol–water partition coefficient (Wildman–Crippen LogP) is -1.50. The van der Waals surface area contributed by atoms with Crippen LogP contribution in [0.25, 0.3) is 0 Å². The largest absolute Gasteiger partial charge is 0.370 e. The summed E-state index contributed by atoms with van der Waals surface area (Å²) in [6.45, 7) is 5.72. The van der Waals surface area contributed by atoms with Crippen LogP contribution in [-0.4, -0.2) is 30.0 Å². The van der Waals surface area contributed by atoms with Gasteiger partial charge < -0.3 is 22.5 Å². The van der Waals surface area contributed by atoms with Crippen molar-refractivity contribution in [1.29, 1.82) is 0 Å². The fraction of sp³-hybridized carbons (Fsp3) is 0.750. The highest BCUT2D eigenvalue weighted by Crippen LogP contribution is 1.98. The average Bonchev–Trinajstić information content (AvgIpc) is 1.96. The molecule has 14 heavy (non-hydrogen) atoms. The Morgan fingerprint density at radius 3 is 2.29 bits per heavy atom. The predicted molar refractivity (Wildman–Crippen MR) is 56.5 cm³/mol. The Bertz CT molecular complexity index is 226. The van der Waals surface area contributed by atoms with Crippen molar-refractivity contribution < 1.29 is 4.79 Å². The minimum absolute atomic E-state index is 0.0657. The lowest BCUT2D eigenvalue weighted by molar-refractivity contribution is -0.123. The number of nitrogens with two attached hydrogens (primary N) is 3. The molecule has 0 heterocycles. The Morgan fingerprint density at radius 2 is 1.93 bits per heavy atom. The Hall–Kier alpha value is -1.30. The normalized spacial score (nSPS) is 13.1. The van der Waals surface area contributed by atoms with Crippen LogP contribution in [-0.2, 0) is 4.79 Å². The van der Waals surface area contributed by atoms with E-state index in [0.29, 0.717) is 0 Å². The lowest BCUT2D eigenvalue weighted by Crippen LogP contribution is -2.50. The van der Waals surface area contributed by atoms with Crippen molar-refractivity contribution in [3.05, 3.63) is 0 Å². The number of rotatable bonds is 3. The van der Waals surface area contributed by atoms with Crippen molar-refractivity contribution >= 4 is 11.9 Å². The van der Waals surface area contributed by atoms with Crippen molar-refractivity contribution in [2.24, 2.45) is 22.2 Å². The van der Waals surface area contributed by atoms with Gasteiger partial charge in [0.25, 0.3) is 0 Å². The molecular weight excluding hydrogens is 182 g/mol. The topological polar surface area (TPSA) is 120 Å². The molecule has 0 saturated carbocycles. The number of nitrogens with zero attached hydrogens (tertiary/aromatic N) is 1. The molecule has 7 N–H and O–H groups in total. The third-order valence-corrected chi connectivity index (χ3v) is 1.31. The fourth-order valence-corrected chi connectivity index (χ4v) is 0.749. The summed E-state index contributed by atoms with van der Waals surface area (Å²) in [6.07, 6.45) is 0. The van der Waals surface area contributed by atoms with E-state index in [4.69, 9.17) is 17.2 Å². The second-order valence-corrected chi connectivity index (χ2v) is 4.11. The van der Waals surface area contributed by atoms with Gasteiger partial charge in [0.2, 0.25) is 5.91 Å². The van der Waals surface area contributed by atoms with Crippen molar-refractivity contribution in [2.75, 3.05) is 6.54 Å². The standard InChI is InChI=1S/C8H19N5O/c1-8(2,3)13-6(14)5(9)4-12-7(10)11/h5H,4,9H2,1-3H3,(H,13,14)(H4,10,11,12). The van der Waals surface area contributed by atoms with E-state index in [1.54, 1.807) is 0 Å². The third-order valence-electron chi connectivity index (χ3n) is 1.31. The molecule has 0 aromatic heterocycles. The van der Waals surface area contributed by atoms with Crippen LogP contribution < -0.4 is 22.5 Å². The number of hydrogen-bond donors (Lipinski definition) is 4. The zero-order valence-electron chi connectivity index (χ0n) is 8.87. The van der Waals surface area contributed by atoms with Gasteiger partial charge in [-0.2, -0.15) is 0 Å². The van der Waals surface area contributed by atoms with Gasteiger partial charge in [-0.25, -0.2) is 0 Å². The molecule has 0 bridgehead atoms. The van der Waals surface area contributed by atoms with Gasteiger partial charge in [-0.05, 0) is 20.8 Å². The van der Waals surface area contributed by atoms with Crippen molar-refractivity contribution in [2.45, 2.75) is 32.4 Å². The van der Waals surface area contributed by atoms with E-state index >= 15 is 0 Å². The molecule has 0 saturated heterocycles. The summed E-state index contributed by atoms with van der Waals surface area (Å²) in [5.41, 5.74) is 15.5. The van der Waals surface area contributed by atoms with E-state index in [0.717, 1.165) is 0 Å². The molecule has 1 amide bonds. The van der Waals surface area contributed by atoms with Gasteiger partial charge in [-0.3, -0.25) is 9.79 Å². The van der Waals surface area contributed by atoms with E-state index in [1.807, 2.05) is 20.8 Å². The zero-order valence-corrected chi connectivity index (χ0v) is 8.87. The lowest BCUT2D eigenvalue weighted by Gasteiger charge is -2.22. The molecule has 0 aromatic carbocycles. The van der Waals surface area contributed by atoms with E-state index in [1.165, 1.54) is 0 Å². The minimum Gasteiger partial charge on any atom is -0.370 e. The first-order valence-corrected chi connectivity index (χ1v) is 4.35. The van der Waals surface area contributed by atoms with E-state index in [2.05, 4.69) is 10.3 Å². The first kappa shape index (κ1) is 12.7. The summed E-state index contributed by atoms with van der Waals surface area (Å²) in [6, 6.07) is -0.712. The highest BCUT2D eigenvalue weighted by molar-refractivity contribution is 5.83. The monoisotopic (exact) mass is 201 g/mol. The molecule has 0 spiro atoms. The molecule has 6 heteroatoms. The number of aliphatic imine (C=N–C) groups is 1. The molecule has 0 fully saturated rings. The number of guanidine groups is 1. The van der Waals surface area contributed by atoms with Gasteiger partial charge >= 0.3 is 0 Å². The zero-order chi connectivity index (χ0) is 11.4. The van der Waals surface area contributed by atoms with Gasteiger partial charge in [0.1, 0.15) is 6.04 Å². The smallest absolute Gasteiger partial charge is 0.239 e. The van der Waals surface area contributed by atoms with Crippen molar-refractivity contribution in [1.82, 2.24) is 5.32 Å². The second-order valence-electron chi connectivity index (χ2n) is 4.11. The summed E-state index contributed by atoms with van der Waals surface area (Å²) in [5, 5.41) is 2.73. The van der Waals surface area contributed by atoms with Crippen LogP contribution in [0.4, 0.5) is 0 Å². The molecule has 0 aliphatic heterocycles. The summed E-state index contributed by atoms with van der Waals surface area (Å²) in [5.74, 6) is -0.327. The van der Waals surface area contributed by atoms with Crippen LogP contribution in [0.2, 0.25) is 0 Å². The maximum atomic E-state index is 11.4. The number of hydrogen-bond acceptors (Lipinski definition) is 3. The van der Waals surface area contributed by atoms with E-state index in [-0.39, 0.29) is 24.0 Å². The average molecular weight is 201 g/mol. The maximum absolute atomic E-state index is 11.4. The lowest BCUT2D eigenvalue weighted by atomic mass is 10.1. The number of carbonyl (C=O) groups is 1. The summed E-state index contributed by atoms with van der Waals surface area (Å²) in [4.78, 5) is 15.0. The fourth-order valence-electron chi connectivity index (χ4n) is 0.749. The SMILES string of the molecule is CC(C)(C)NC(=O)C(N)CN=C(N)N. The molecular formula is C8H19N5O. The highest BCUT2D eigenvalue weighted by Gasteiger charge is 2.18. The number of nitrogens with one attached hydrogen (secondary N) is 1. The van der Waals surface area contributed by atoms with Gasteiger partial charge in [-0.1, -0.05) is 0 Å². The first-order valence-electron chi connectivity index (χ1n) is 4.35. The van der Waals surface area contributed by atoms with Crippen molar-refractivity contribution in [3.63, 3.8) is 0 Å². The molecule has 0 aliphatic carbocycles. The Balaban J connectivity index is 4.07. The van der Waals surface area contributed by atoms with Crippen LogP contribution in [0.5, 0.6) is 0 Å². The number of carbonyl (C=O) groups excluding carboxylic acids is 1. The Kier molecular flexibility index (Phi) is 4.36. The molecule has 82 valence electrons. The van der Waals surface area contributed by atoms with Crippen LogP contribution in [0.15, 0.2) is 4.99 Å². The number of amides is 1. The van der Waals surface area contributed by atoms with Crippen molar-refractivity contribution in [3.8, 4) is 0 Å². The van der Waals surface area contributed by atoms with Gasteiger partial charge in [-0.15, -0.1) is 0 Å². The van der Waals surface area contributed by atoms with Gasteiger partial charge in [0.05, 0.1) is 6.54 Å². The summed E-state index contributed by atoms with van der Waals surface area (Å²) in [7, 11) is 0. The quantitative estimate of drug-likeness (QED) is 0.328. The minimum atomic E-state index is -0.712. The van der Waals surface area contributed by atoms with Gasteiger partial charge in [0.15, 0.2) is 5.96 Å². The van der Waals surface area contributed by atoms with Crippen LogP contribution in [0.1, 0.15) is 20.8 Å². The molecule has 0 aliphatic rings. The maximum Gasteiger partial charge on any atom is 0.239 e. The highest BCUT2D eigenvalue weighted by atomic mass is 16.2. The molecule has 0 radical (unpaired) electrons. The van der Waals surface area contributed by atoms with Crippen LogP contribution in [0, 0.1) is 0 Å². The second kappa shape index (κ2) is 4.80. The molecule has 0 rings (SSSR count).